The number of sulfonamides is 1. The number of aryl methyl sites for hydroxylation is 1. The SMILES string of the molecule is Cc1ccc(S(=O)(=O)N[C@@H]2CCOC[C@H]2OCC(=O)O)cc1. The molecule has 122 valence electrons. The summed E-state index contributed by atoms with van der Waals surface area (Å²) < 4.78 is 37.8. The summed E-state index contributed by atoms with van der Waals surface area (Å²) in [5, 5.41) is 8.66. The topological polar surface area (TPSA) is 102 Å². The van der Waals surface area contributed by atoms with Gasteiger partial charge in [0.1, 0.15) is 6.61 Å². The van der Waals surface area contributed by atoms with Gasteiger partial charge in [-0.2, -0.15) is 0 Å². The first-order chi connectivity index (χ1) is 10.4. The molecule has 7 nitrogen and oxygen atoms in total. The van der Waals surface area contributed by atoms with Crippen molar-refractivity contribution in [1.82, 2.24) is 4.72 Å². The number of rotatable bonds is 6. The molecule has 0 aliphatic carbocycles. The molecule has 1 aliphatic heterocycles. The van der Waals surface area contributed by atoms with Crippen molar-refractivity contribution in [2.45, 2.75) is 30.4 Å². The lowest BCUT2D eigenvalue weighted by Crippen LogP contribution is -2.50. The molecule has 1 fully saturated rings. The lowest BCUT2D eigenvalue weighted by atomic mass is 10.1. The standard InChI is InChI=1S/C14H19NO6S/c1-10-2-4-11(5-3-10)22(18,19)15-12-6-7-20-8-13(12)21-9-14(16)17/h2-5,12-13,15H,6-9H2,1H3,(H,16,17)/t12-,13-/m1/s1. The molecule has 1 saturated heterocycles. The Morgan fingerprint density at radius 3 is 2.73 bits per heavy atom. The van der Waals surface area contributed by atoms with Gasteiger partial charge in [-0.05, 0) is 25.5 Å². The van der Waals surface area contributed by atoms with E-state index in [4.69, 9.17) is 14.6 Å². The molecule has 8 heteroatoms. The number of hydrogen-bond donors (Lipinski definition) is 2. The Bertz CT molecular complexity index is 613. The second kappa shape index (κ2) is 7.19. The number of carboxylic acid groups (broad SMARTS) is 1. The summed E-state index contributed by atoms with van der Waals surface area (Å²) in [6.45, 7) is 1.94. The number of carbonyl (C=O) groups is 1. The van der Waals surface area contributed by atoms with E-state index < -0.39 is 34.7 Å². The van der Waals surface area contributed by atoms with Crippen LogP contribution >= 0.6 is 0 Å². The number of aliphatic carboxylic acids is 1. The van der Waals surface area contributed by atoms with Gasteiger partial charge < -0.3 is 14.6 Å². The molecular formula is C14H19NO6S. The molecule has 1 heterocycles. The van der Waals surface area contributed by atoms with E-state index in [1.807, 2.05) is 6.92 Å². The maximum atomic E-state index is 12.4. The molecule has 1 aromatic rings. The number of benzene rings is 1. The highest BCUT2D eigenvalue weighted by molar-refractivity contribution is 7.89. The lowest BCUT2D eigenvalue weighted by Gasteiger charge is -2.31. The fourth-order valence-electron chi connectivity index (χ4n) is 2.17. The van der Waals surface area contributed by atoms with E-state index >= 15 is 0 Å². The molecule has 0 aromatic heterocycles. The zero-order valence-corrected chi connectivity index (χ0v) is 13.0. The zero-order valence-electron chi connectivity index (χ0n) is 12.2. The molecule has 0 spiro atoms. The van der Waals surface area contributed by atoms with Gasteiger partial charge in [0.2, 0.25) is 10.0 Å². The molecule has 0 bridgehead atoms. The zero-order chi connectivity index (χ0) is 16.2. The molecule has 2 rings (SSSR count). The smallest absolute Gasteiger partial charge is 0.329 e. The minimum atomic E-state index is -3.68. The van der Waals surface area contributed by atoms with Crippen LogP contribution < -0.4 is 4.72 Å². The highest BCUT2D eigenvalue weighted by Gasteiger charge is 2.31. The van der Waals surface area contributed by atoms with Crippen LogP contribution in [0.1, 0.15) is 12.0 Å². The highest BCUT2D eigenvalue weighted by atomic mass is 32.2. The Morgan fingerprint density at radius 2 is 2.09 bits per heavy atom. The Kier molecular flexibility index (Phi) is 5.52. The van der Waals surface area contributed by atoms with Gasteiger partial charge in [-0.1, -0.05) is 17.7 Å². The van der Waals surface area contributed by atoms with Gasteiger partial charge in [-0.25, -0.2) is 17.9 Å². The van der Waals surface area contributed by atoms with E-state index in [2.05, 4.69) is 4.72 Å². The molecule has 2 N–H and O–H groups in total. The molecule has 1 aliphatic rings. The molecule has 0 saturated carbocycles. The summed E-state index contributed by atoms with van der Waals surface area (Å²) in [5.74, 6) is -1.11. The Morgan fingerprint density at radius 1 is 1.41 bits per heavy atom. The van der Waals surface area contributed by atoms with Crippen molar-refractivity contribution < 1.29 is 27.8 Å². The first-order valence-corrected chi connectivity index (χ1v) is 8.37. The number of ether oxygens (including phenoxy) is 2. The third-order valence-corrected chi connectivity index (χ3v) is 4.87. The quantitative estimate of drug-likeness (QED) is 0.789. The van der Waals surface area contributed by atoms with Crippen LogP contribution in [0, 0.1) is 6.92 Å². The van der Waals surface area contributed by atoms with Crippen LogP contribution in [0.5, 0.6) is 0 Å². The van der Waals surface area contributed by atoms with Gasteiger partial charge in [-0.15, -0.1) is 0 Å². The third kappa shape index (κ3) is 4.51. The van der Waals surface area contributed by atoms with Crippen LogP contribution in [0.4, 0.5) is 0 Å². The number of carboxylic acids is 1. The van der Waals surface area contributed by atoms with Crippen molar-refractivity contribution in [3.05, 3.63) is 29.8 Å². The third-order valence-electron chi connectivity index (χ3n) is 3.36. The van der Waals surface area contributed by atoms with Crippen LogP contribution in [-0.4, -0.2) is 51.5 Å². The first-order valence-electron chi connectivity index (χ1n) is 6.88. The van der Waals surface area contributed by atoms with Gasteiger partial charge in [-0.3, -0.25) is 0 Å². The molecule has 1 aromatic carbocycles. The van der Waals surface area contributed by atoms with Crippen LogP contribution in [-0.2, 0) is 24.3 Å². The van der Waals surface area contributed by atoms with Gasteiger partial charge in [0, 0.05) is 6.61 Å². The fourth-order valence-corrected chi connectivity index (χ4v) is 3.47. The molecule has 0 unspecified atom stereocenters. The number of hydrogen-bond acceptors (Lipinski definition) is 5. The normalized spacial score (nSPS) is 22.4. The van der Waals surface area contributed by atoms with E-state index in [1.165, 1.54) is 12.1 Å². The summed E-state index contributed by atoms with van der Waals surface area (Å²) in [4.78, 5) is 10.8. The van der Waals surface area contributed by atoms with E-state index in [0.29, 0.717) is 13.0 Å². The molecule has 0 radical (unpaired) electrons. The summed E-state index contributed by atoms with van der Waals surface area (Å²) in [7, 11) is -3.68. The minimum Gasteiger partial charge on any atom is -0.480 e. The largest absolute Gasteiger partial charge is 0.480 e. The second-order valence-corrected chi connectivity index (χ2v) is 6.86. The van der Waals surface area contributed by atoms with Crippen LogP contribution in [0.3, 0.4) is 0 Å². The van der Waals surface area contributed by atoms with E-state index in [0.717, 1.165) is 5.56 Å². The summed E-state index contributed by atoms with van der Waals surface area (Å²) >= 11 is 0. The average molecular weight is 329 g/mol. The lowest BCUT2D eigenvalue weighted by molar-refractivity contribution is -0.148. The average Bonchev–Trinajstić information content (AvgIpc) is 2.46. The van der Waals surface area contributed by atoms with Crippen LogP contribution in [0.15, 0.2) is 29.2 Å². The van der Waals surface area contributed by atoms with Crippen LogP contribution in [0.2, 0.25) is 0 Å². The Balaban J connectivity index is 2.08. The maximum absolute atomic E-state index is 12.4. The first kappa shape index (κ1) is 16.9. The highest BCUT2D eigenvalue weighted by Crippen LogP contribution is 2.16. The summed E-state index contributed by atoms with van der Waals surface area (Å²) in [6.07, 6.45) is -0.194. The fraction of sp³-hybridized carbons (Fsp3) is 0.500. The summed E-state index contributed by atoms with van der Waals surface area (Å²) in [5.41, 5.74) is 0.965. The monoisotopic (exact) mass is 329 g/mol. The van der Waals surface area contributed by atoms with Gasteiger partial charge >= 0.3 is 5.97 Å². The van der Waals surface area contributed by atoms with Crippen molar-refractivity contribution in [2.24, 2.45) is 0 Å². The molecule has 0 amide bonds. The van der Waals surface area contributed by atoms with Crippen molar-refractivity contribution in [3.8, 4) is 0 Å². The van der Waals surface area contributed by atoms with Crippen molar-refractivity contribution in [2.75, 3.05) is 19.8 Å². The van der Waals surface area contributed by atoms with Crippen LogP contribution in [0.25, 0.3) is 0 Å². The Hall–Kier alpha value is -1.48. The summed E-state index contributed by atoms with van der Waals surface area (Å²) in [6, 6.07) is 5.99. The second-order valence-electron chi connectivity index (χ2n) is 5.15. The number of nitrogens with one attached hydrogen (secondary N) is 1. The maximum Gasteiger partial charge on any atom is 0.329 e. The van der Waals surface area contributed by atoms with Gasteiger partial charge in [0.05, 0.1) is 23.6 Å². The Labute approximate surface area is 129 Å². The predicted octanol–water partition coefficient (Wildman–Crippen LogP) is 0.532. The van der Waals surface area contributed by atoms with Crippen molar-refractivity contribution >= 4 is 16.0 Å². The van der Waals surface area contributed by atoms with Gasteiger partial charge in [0.15, 0.2) is 0 Å². The van der Waals surface area contributed by atoms with E-state index in [1.54, 1.807) is 12.1 Å². The van der Waals surface area contributed by atoms with Crippen molar-refractivity contribution in [3.63, 3.8) is 0 Å². The van der Waals surface area contributed by atoms with E-state index in [9.17, 15) is 13.2 Å². The molecule has 2 atom stereocenters. The molecular weight excluding hydrogens is 310 g/mol. The van der Waals surface area contributed by atoms with E-state index in [-0.39, 0.29) is 11.5 Å². The predicted molar refractivity (Wildman–Crippen MR) is 78.1 cm³/mol. The molecule has 22 heavy (non-hydrogen) atoms. The minimum absolute atomic E-state index is 0.161. The van der Waals surface area contributed by atoms with Gasteiger partial charge in [0.25, 0.3) is 0 Å². The van der Waals surface area contributed by atoms with Crippen molar-refractivity contribution in [1.29, 1.82) is 0 Å².